The van der Waals surface area contributed by atoms with Crippen LogP contribution in [-0.4, -0.2) is 43.2 Å². The van der Waals surface area contributed by atoms with E-state index in [0.717, 1.165) is 21.9 Å². The summed E-state index contributed by atoms with van der Waals surface area (Å²) in [5.41, 5.74) is 1.76. The number of carbonyl (C=O) groups is 1. The van der Waals surface area contributed by atoms with Crippen molar-refractivity contribution in [1.29, 1.82) is 0 Å². The van der Waals surface area contributed by atoms with Crippen LogP contribution < -0.4 is 0 Å². The van der Waals surface area contributed by atoms with Gasteiger partial charge in [0.25, 0.3) is 0 Å². The summed E-state index contributed by atoms with van der Waals surface area (Å²) in [5.74, 6) is -0.306. The molecule has 0 aliphatic carbocycles. The Morgan fingerprint density at radius 2 is 1.84 bits per heavy atom. The van der Waals surface area contributed by atoms with Gasteiger partial charge in [-0.3, -0.25) is 4.79 Å². The Kier molecular flexibility index (Phi) is 7.43. The number of halogens is 2. The van der Waals surface area contributed by atoms with Gasteiger partial charge in [0.2, 0.25) is 15.9 Å². The highest BCUT2D eigenvalue weighted by atomic mass is 35.5. The van der Waals surface area contributed by atoms with E-state index >= 15 is 0 Å². The zero-order valence-electron chi connectivity index (χ0n) is 19.8. The first-order valence-corrected chi connectivity index (χ1v) is 14.8. The summed E-state index contributed by atoms with van der Waals surface area (Å²) in [6, 6.07) is 19.4. The average molecular weight is 572 g/mol. The molecule has 0 saturated carbocycles. The smallest absolute Gasteiger partial charge is 0.243 e. The molecule has 0 N–H and O–H groups in total. The van der Waals surface area contributed by atoms with Gasteiger partial charge in [0, 0.05) is 28.0 Å². The van der Waals surface area contributed by atoms with E-state index in [1.807, 2.05) is 41.8 Å². The van der Waals surface area contributed by atoms with E-state index in [9.17, 15) is 13.2 Å². The molecule has 1 aromatic heterocycles. The van der Waals surface area contributed by atoms with E-state index in [2.05, 4.69) is 6.58 Å². The van der Waals surface area contributed by atoms with Gasteiger partial charge in [0.1, 0.15) is 0 Å². The van der Waals surface area contributed by atoms with Gasteiger partial charge in [0.05, 0.1) is 17.5 Å². The Bertz CT molecular complexity index is 1600. The average Bonchev–Trinajstić information content (AvgIpc) is 3.37. The lowest BCUT2D eigenvalue weighted by Gasteiger charge is -2.37. The van der Waals surface area contributed by atoms with Crippen molar-refractivity contribution >= 4 is 61.2 Å². The third-order valence-corrected chi connectivity index (χ3v) is 9.91. The molecular weight excluding hydrogens is 547 g/mol. The van der Waals surface area contributed by atoms with Gasteiger partial charge < -0.3 is 4.90 Å². The first-order valence-electron chi connectivity index (χ1n) is 11.7. The Balaban J connectivity index is 1.48. The molecule has 5 nitrogen and oxygen atoms in total. The Hall–Kier alpha value is -2.68. The molecular formula is C28H24Cl2N2O3S2. The van der Waals surface area contributed by atoms with Crippen molar-refractivity contribution in [2.75, 3.05) is 19.6 Å². The molecule has 0 spiro atoms. The number of nitrogens with zero attached hydrogens (tertiary/aromatic N) is 2. The Morgan fingerprint density at radius 1 is 1.05 bits per heavy atom. The molecule has 3 aromatic carbocycles. The zero-order chi connectivity index (χ0) is 26.2. The van der Waals surface area contributed by atoms with Crippen LogP contribution >= 0.6 is 34.5 Å². The van der Waals surface area contributed by atoms with Crippen LogP contribution in [0, 0.1) is 0 Å². The maximum absolute atomic E-state index is 13.8. The van der Waals surface area contributed by atoms with Crippen molar-refractivity contribution in [1.82, 2.24) is 9.21 Å². The largest absolute Gasteiger partial charge is 0.330 e. The first-order chi connectivity index (χ1) is 17.8. The molecule has 1 atom stereocenters. The Morgan fingerprint density at radius 3 is 2.59 bits per heavy atom. The van der Waals surface area contributed by atoms with Crippen molar-refractivity contribution < 1.29 is 13.2 Å². The topological polar surface area (TPSA) is 57.7 Å². The van der Waals surface area contributed by atoms with Gasteiger partial charge in [-0.25, -0.2) is 8.42 Å². The highest BCUT2D eigenvalue weighted by Crippen LogP contribution is 2.41. The van der Waals surface area contributed by atoms with E-state index in [1.54, 1.807) is 46.6 Å². The minimum atomic E-state index is -3.96. The maximum Gasteiger partial charge on any atom is 0.243 e. The normalized spacial score (nSPS) is 15.6. The summed E-state index contributed by atoms with van der Waals surface area (Å²) >= 11 is 14.4. The number of thiophene rings is 1. The predicted molar refractivity (Wildman–Crippen MR) is 151 cm³/mol. The van der Waals surface area contributed by atoms with Gasteiger partial charge in [-0.1, -0.05) is 65.7 Å². The van der Waals surface area contributed by atoms with Gasteiger partial charge in [-0.05, 0) is 64.0 Å². The molecule has 4 aromatic rings. The van der Waals surface area contributed by atoms with Gasteiger partial charge in [-0.15, -0.1) is 17.9 Å². The van der Waals surface area contributed by atoms with Crippen LogP contribution in [-0.2, 0) is 21.2 Å². The fraction of sp³-hybridized carbons (Fsp3) is 0.179. The predicted octanol–water partition coefficient (Wildman–Crippen LogP) is 6.56. The van der Waals surface area contributed by atoms with E-state index < -0.39 is 16.1 Å². The van der Waals surface area contributed by atoms with E-state index in [0.29, 0.717) is 23.0 Å². The summed E-state index contributed by atoms with van der Waals surface area (Å²) in [5, 5.41) is 4.72. The summed E-state index contributed by atoms with van der Waals surface area (Å²) in [7, 11) is -3.96. The van der Waals surface area contributed by atoms with Crippen LogP contribution in [0.15, 0.2) is 89.7 Å². The molecule has 0 saturated heterocycles. The molecule has 0 fully saturated rings. The molecule has 37 heavy (non-hydrogen) atoms. The number of carbonyl (C=O) groups excluding carboxylic acids is 1. The second-order valence-corrected chi connectivity index (χ2v) is 12.6. The van der Waals surface area contributed by atoms with Crippen molar-refractivity contribution in [3.63, 3.8) is 0 Å². The molecule has 1 aliphatic heterocycles. The molecule has 9 heteroatoms. The zero-order valence-corrected chi connectivity index (χ0v) is 23.0. The molecule has 0 bridgehead atoms. The van der Waals surface area contributed by atoms with Gasteiger partial charge >= 0.3 is 0 Å². The molecule has 1 amide bonds. The summed E-state index contributed by atoms with van der Waals surface area (Å²) in [4.78, 5) is 16.8. The van der Waals surface area contributed by atoms with Crippen molar-refractivity contribution in [3.8, 4) is 0 Å². The van der Waals surface area contributed by atoms with Crippen LogP contribution in [0.25, 0.3) is 10.8 Å². The number of hydrogen-bond acceptors (Lipinski definition) is 4. The third-order valence-electron chi connectivity index (χ3n) is 6.55. The fourth-order valence-corrected chi connectivity index (χ4v) is 7.57. The molecule has 2 heterocycles. The highest BCUT2D eigenvalue weighted by molar-refractivity contribution is 7.89. The van der Waals surface area contributed by atoms with E-state index in [1.165, 1.54) is 15.3 Å². The standard InChI is InChI=1S/C28H24Cl2N2O3S2/c1-2-13-31(37(34,35)22-9-7-19-5-3-4-6-20(19)16-22)18-27(33)32-14-11-26-24(12-15-36-26)28(32)23-10-8-21(29)17-25(23)30/h2-10,12,15-17,28H,1,11,13-14,18H2. The molecule has 1 aliphatic rings. The summed E-state index contributed by atoms with van der Waals surface area (Å²) < 4.78 is 28.5. The van der Waals surface area contributed by atoms with E-state index in [-0.39, 0.29) is 23.9 Å². The number of hydrogen-bond donors (Lipinski definition) is 0. The Labute approximate surface area is 230 Å². The molecule has 0 radical (unpaired) electrons. The second kappa shape index (κ2) is 10.6. The third kappa shape index (κ3) is 5.07. The number of amides is 1. The van der Waals surface area contributed by atoms with Crippen molar-refractivity contribution in [2.24, 2.45) is 0 Å². The summed E-state index contributed by atoms with van der Waals surface area (Å²) in [6.07, 6.45) is 2.19. The minimum Gasteiger partial charge on any atom is -0.330 e. The van der Waals surface area contributed by atoms with Gasteiger partial charge in [-0.2, -0.15) is 4.31 Å². The lowest BCUT2D eigenvalue weighted by molar-refractivity contribution is -0.133. The minimum absolute atomic E-state index is 0.00477. The van der Waals surface area contributed by atoms with Crippen LogP contribution in [0.3, 0.4) is 0 Å². The lowest BCUT2D eigenvalue weighted by atomic mass is 9.93. The van der Waals surface area contributed by atoms with Crippen LogP contribution in [0.1, 0.15) is 22.0 Å². The fourth-order valence-electron chi connectivity index (χ4n) is 4.75. The maximum atomic E-state index is 13.8. The quantitative estimate of drug-likeness (QED) is 0.236. The first kappa shape index (κ1) is 25.9. The monoisotopic (exact) mass is 570 g/mol. The molecule has 1 unspecified atom stereocenters. The molecule has 5 rings (SSSR count). The second-order valence-electron chi connectivity index (χ2n) is 8.80. The van der Waals surface area contributed by atoms with Crippen LogP contribution in [0.4, 0.5) is 0 Å². The van der Waals surface area contributed by atoms with Crippen molar-refractivity contribution in [2.45, 2.75) is 17.4 Å². The van der Waals surface area contributed by atoms with Crippen LogP contribution in [0.5, 0.6) is 0 Å². The summed E-state index contributed by atoms with van der Waals surface area (Å²) in [6.45, 7) is 3.86. The highest BCUT2D eigenvalue weighted by Gasteiger charge is 2.36. The van der Waals surface area contributed by atoms with Crippen LogP contribution in [0.2, 0.25) is 10.0 Å². The van der Waals surface area contributed by atoms with Gasteiger partial charge in [0.15, 0.2) is 0 Å². The number of sulfonamides is 1. The number of rotatable bonds is 7. The van der Waals surface area contributed by atoms with E-state index in [4.69, 9.17) is 23.2 Å². The SMILES string of the molecule is C=CCN(CC(=O)N1CCc2sccc2C1c1ccc(Cl)cc1Cl)S(=O)(=O)c1ccc2ccccc2c1. The van der Waals surface area contributed by atoms with Crippen molar-refractivity contribution in [3.05, 3.63) is 111 Å². The number of fused-ring (bicyclic) bond motifs is 2. The number of benzene rings is 3. The molecule has 190 valence electrons. The lowest BCUT2D eigenvalue weighted by Crippen LogP contribution is -2.46.